The Balaban J connectivity index is 2.09. The number of hydrogen-bond donors (Lipinski definition) is 3. The van der Waals surface area contributed by atoms with Crippen LogP contribution in [-0.4, -0.2) is 47.7 Å². The molecule has 0 aliphatic heterocycles. The SMILES string of the molecule is CC(CCN(C)C)NC(=O)c1n[nH]c2ccc(N)cc12. The number of carbonyl (C=O) groups is 1. The van der Waals surface area contributed by atoms with Gasteiger partial charge in [0.15, 0.2) is 5.69 Å². The molecule has 1 aromatic heterocycles. The molecule has 0 saturated heterocycles. The minimum absolute atomic E-state index is 0.0951. The third kappa shape index (κ3) is 3.27. The second-order valence-corrected chi connectivity index (χ2v) is 5.34. The minimum atomic E-state index is -0.173. The molecule has 20 heavy (non-hydrogen) atoms. The second kappa shape index (κ2) is 5.92. The number of amides is 1. The first kappa shape index (κ1) is 14.3. The molecule has 0 saturated carbocycles. The average molecular weight is 275 g/mol. The van der Waals surface area contributed by atoms with Crippen molar-refractivity contribution in [3.8, 4) is 0 Å². The van der Waals surface area contributed by atoms with E-state index in [0.29, 0.717) is 11.4 Å². The molecule has 1 atom stereocenters. The van der Waals surface area contributed by atoms with Gasteiger partial charge in [0.25, 0.3) is 5.91 Å². The molecular formula is C14H21N5O. The summed E-state index contributed by atoms with van der Waals surface area (Å²) >= 11 is 0. The van der Waals surface area contributed by atoms with Crippen molar-refractivity contribution < 1.29 is 4.79 Å². The summed E-state index contributed by atoms with van der Waals surface area (Å²) in [5, 5.41) is 10.6. The number of H-pyrrole nitrogens is 1. The molecule has 1 heterocycles. The highest BCUT2D eigenvalue weighted by Crippen LogP contribution is 2.18. The van der Waals surface area contributed by atoms with Gasteiger partial charge >= 0.3 is 0 Å². The molecule has 0 spiro atoms. The van der Waals surface area contributed by atoms with Crippen LogP contribution in [-0.2, 0) is 0 Å². The second-order valence-electron chi connectivity index (χ2n) is 5.34. The topological polar surface area (TPSA) is 87.0 Å². The quantitative estimate of drug-likeness (QED) is 0.716. The van der Waals surface area contributed by atoms with Crippen molar-refractivity contribution in [2.24, 2.45) is 0 Å². The summed E-state index contributed by atoms with van der Waals surface area (Å²) in [6.45, 7) is 2.92. The standard InChI is InChI=1S/C14H21N5O/c1-9(6-7-19(2)3)16-14(20)13-11-8-10(15)4-5-12(11)17-18-13/h4-5,8-9H,6-7,15H2,1-3H3,(H,16,20)(H,17,18). The van der Waals surface area contributed by atoms with Gasteiger partial charge in [-0.15, -0.1) is 0 Å². The molecule has 0 aliphatic carbocycles. The summed E-state index contributed by atoms with van der Waals surface area (Å²) in [5.41, 5.74) is 7.58. The summed E-state index contributed by atoms with van der Waals surface area (Å²) in [4.78, 5) is 14.3. The number of rotatable bonds is 5. The molecule has 0 bridgehead atoms. The van der Waals surface area contributed by atoms with E-state index in [9.17, 15) is 4.79 Å². The molecule has 0 aliphatic rings. The zero-order valence-electron chi connectivity index (χ0n) is 12.1. The van der Waals surface area contributed by atoms with Gasteiger partial charge in [0, 0.05) is 17.1 Å². The van der Waals surface area contributed by atoms with Crippen LogP contribution in [0.5, 0.6) is 0 Å². The molecule has 2 rings (SSSR count). The maximum atomic E-state index is 12.2. The van der Waals surface area contributed by atoms with Crippen molar-refractivity contribution in [2.75, 3.05) is 26.4 Å². The van der Waals surface area contributed by atoms with E-state index in [-0.39, 0.29) is 11.9 Å². The fraction of sp³-hybridized carbons (Fsp3) is 0.429. The van der Waals surface area contributed by atoms with Crippen LogP contribution >= 0.6 is 0 Å². The van der Waals surface area contributed by atoms with Crippen LogP contribution in [0.3, 0.4) is 0 Å². The van der Waals surface area contributed by atoms with Crippen molar-refractivity contribution in [1.29, 1.82) is 0 Å². The fourth-order valence-corrected chi connectivity index (χ4v) is 2.02. The lowest BCUT2D eigenvalue weighted by molar-refractivity contribution is 0.0933. The Bertz CT molecular complexity index is 605. The van der Waals surface area contributed by atoms with Gasteiger partial charge < -0.3 is 16.0 Å². The number of aromatic nitrogens is 2. The van der Waals surface area contributed by atoms with E-state index in [2.05, 4.69) is 20.4 Å². The van der Waals surface area contributed by atoms with Crippen LogP contribution in [0.15, 0.2) is 18.2 Å². The molecule has 1 amide bonds. The monoisotopic (exact) mass is 275 g/mol. The predicted molar refractivity (Wildman–Crippen MR) is 80.6 cm³/mol. The van der Waals surface area contributed by atoms with Crippen molar-refractivity contribution in [2.45, 2.75) is 19.4 Å². The molecule has 1 aromatic carbocycles. The summed E-state index contributed by atoms with van der Waals surface area (Å²) in [7, 11) is 4.02. The van der Waals surface area contributed by atoms with E-state index < -0.39 is 0 Å². The summed E-state index contributed by atoms with van der Waals surface area (Å²) < 4.78 is 0. The van der Waals surface area contributed by atoms with Crippen LogP contribution in [0.1, 0.15) is 23.8 Å². The number of anilines is 1. The lowest BCUT2D eigenvalue weighted by atomic mass is 10.1. The lowest BCUT2D eigenvalue weighted by Gasteiger charge is -2.16. The van der Waals surface area contributed by atoms with Crippen LogP contribution in [0.4, 0.5) is 5.69 Å². The van der Waals surface area contributed by atoms with E-state index in [1.54, 1.807) is 12.1 Å². The first-order chi connectivity index (χ1) is 9.47. The van der Waals surface area contributed by atoms with Crippen LogP contribution < -0.4 is 11.1 Å². The van der Waals surface area contributed by atoms with Gasteiger partial charge in [-0.3, -0.25) is 9.89 Å². The predicted octanol–water partition coefficient (Wildman–Crippen LogP) is 1.22. The number of benzene rings is 1. The van der Waals surface area contributed by atoms with E-state index in [0.717, 1.165) is 23.9 Å². The molecule has 6 heteroatoms. The van der Waals surface area contributed by atoms with Gasteiger partial charge in [0.2, 0.25) is 0 Å². The Morgan fingerprint density at radius 2 is 2.25 bits per heavy atom. The Morgan fingerprint density at radius 1 is 1.50 bits per heavy atom. The Kier molecular flexibility index (Phi) is 4.24. The third-order valence-electron chi connectivity index (χ3n) is 3.19. The molecular weight excluding hydrogens is 254 g/mol. The smallest absolute Gasteiger partial charge is 0.272 e. The molecule has 2 aromatic rings. The Morgan fingerprint density at radius 3 is 2.95 bits per heavy atom. The maximum Gasteiger partial charge on any atom is 0.272 e. The zero-order chi connectivity index (χ0) is 14.7. The maximum absolute atomic E-state index is 12.2. The van der Waals surface area contributed by atoms with E-state index >= 15 is 0 Å². The van der Waals surface area contributed by atoms with Crippen LogP contribution in [0.2, 0.25) is 0 Å². The van der Waals surface area contributed by atoms with Crippen LogP contribution in [0, 0.1) is 0 Å². The van der Waals surface area contributed by atoms with Crippen LogP contribution in [0.25, 0.3) is 10.9 Å². The normalized spacial score (nSPS) is 12.8. The summed E-state index contributed by atoms with van der Waals surface area (Å²) in [5.74, 6) is -0.173. The van der Waals surface area contributed by atoms with Crippen molar-refractivity contribution in [1.82, 2.24) is 20.4 Å². The number of aromatic amines is 1. The van der Waals surface area contributed by atoms with Crippen molar-refractivity contribution in [3.05, 3.63) is 23.9 Å². The number of nitrogens with zero attached hydrogens (tertiary/aromatic N) is 2. The van der Waals surface area contributed by atoms with Crippen molar-refractivity contribution in [3.63, 3.8) is 0 Å². The minimum Gasteiger partial charge on any atom is -0.399 e. The molecule has 0 radical (unpaired) electrons. The van der Waals surface area contributed by atoms with Gasteiger partial charge in [-0.1, -0.05) is 0 Å². The van der Waals surface area contributed by atoms with Gasteiger partial charge in [-0.25, -0.2) is 0 Å². The third-order valence-corrected chi connectivity index (χ3v) is 3.19. The largest absolute Gasteiger partial charge is 0.399 e. The highest BCUT2D eigenvalue weighted by Gasteiger charge is 2.16. The van der Waals surface area contributed by atoms with Gasteiger partial charge in [0.05, 0.1) is 5.52 Å². The van der Waals surface area contributed by atoms with E-state index in [1.165, 1.54) is 0 Å². The molecule has 0 fully saturated rings. The van der Waals surface area contributed by atoms with Crippen molar-refractivity contribution >= 4 is 22.5 Å². The highest BCUT2D eigenvalue weighted by atomic mass is 16.2. The number of fused-ring (bicyclic) bond motifs is 1. The highest BCUT2D eigenvalue weighted by molar-refractivity contribution is 6.05. The number of nitrogens with two attached hydrogens (primary N) is 1. The number of hydrogen-bond acceptors (Lipinski definition) is 4. The molecule has 6 nitrogen and oxygen atoms in total. The fourth-order valence-electron chi connectivity index (χ4n) is 2.02. The Labute approximate surface area is 118 Å². The lowest BCUT2D eigenvalue weighted by Crippen LogP contribution is -2.35. The van der Waals surface area contributed by atoms with Gasteiger partial charge in [-0.05, 0) is 52.2 Å². The molecule has 108 valence electrons. The van der Waals surface area contributed by atoms with E-state index in [4.69, 9.17) is 5.73 Å². The zero-order valence-corrected chi connectivity index (χ0v) is 12.1. The Hall–Kier alpha value is -2.08. The summed E-state index contributed by atoms with van der Waals surface area (Å²) in [6, 6.07) is 5.46. The van der Waals surface area contributed by atoms with E-state index in [1.807, 2.05) is 27.1 Å². The molecule has 4 N–H and O–H groups in total. The summed E-state index contributed by atoms with van der Waals surface area (Å²) in [6.07, 6.45) is 0.892. The number of nitrogens with one attached hydrogen (secondary N) is 2. The molecule has 1 unspecified atom stereocenters. The average Bonchev–Trinajstić information content (AvgIpc) is 2.79. The number of carbonyl (C=O) groups excluding carboxylic acids is 1. The van der Waals surface area contributed by atoms with Gasteiger partial charge in [-0.2, -0.15) is 5.10 Å². The number of nitrogen functional groups attached to an aromatic ring is 1. The van der Waals surface area contributed by atoms with Gasteiger partial charge in [0.1, 0.15) is 0 Å². The first-order valence-corrected chi connectivity index (χ1v) is 6.66. The first-order valence-electron chi connectivity index (χ1n) is 6.66.